The molecular formula is C20H16ClNO3S2. The zero-order valence-corrected chi connectivity index (χ0v) is 16.8. The summed E-state index contributed by atoms with van der Waals surface area (Å²) in [5, 5.41) is 4.85. The molecule has 4 rings (SSSR count). The highest BCUT2D eigenvalue weighted by molar-refractivity contribution is 7.91. The van der Waals surface area contributed by atoms with Crippen LogP contribution in [0.5, 0.6) is 0 Å². The molecule has 1 amide bonds. The maximum atomic E-state index is 13.1. The minimum atomic E-state index is -3.75. The van der Waals surface area contributed by atoms with Gasteiger partial charge in [-0.3, -0.25) is 4.79 Å². The number of benzene rings is 2. The summed E-state index contributed by atoms with van der Waals surface area (Å²) >= 11 is 7.24. The van der Waals surface area contributed by atoms with Crippen LogP contribution in [-0.4, -0.2) is 14.3 Å². The van der Waals surface area contributed by atoms with E-state index < -0.39 is 9.84 Å². The van der Waals surface area contributed by atoms with E-state index in [2.05, 4.69) is 5.32 Å². The first-order chi connectivity index (χ1) is 12.9. The second-order valence-corrected chi connectivity index (χ2v) is 9.78. The Kier molecular flexibility index (Phi) is 4.58. The van der Waals surface area contributed by atoms with E-state index in [4.69, 9.17) is 11.6 Å². The fourth-order valence-corrected chi connectivity index (χ4v) is 6.24. The first-order valence-electron chi connectivity index (χ1n) is 8.35. The number of fused-ring (bicyclic) bond motifs is 1. The van der Waals surface area contributed by atoms with E-state index in [9.17, 15) is 13.2 Å². The number of carbonyl (C=O) groups excluding carboxylic acids is 1. The van der Waals surface area contributed by atoms with Crippen LogP contribution in [0.15, 0.2) is 63.7 Å². The van der Waals surface area contributed by atoms with Gasteiger partial charge in [0.1, 0.15) is 4.90 Å². The van der Waals surface area contributed by atoms with Crippen molar-refractivity contribution in [2.24, 2.45) is 0 Å². The minimum absolute atomic E-state index is 0.134. The quantitative estimate of drug-likeness (QED) is 0.651. The molecule has 1 N–H and O–H groups in total. The smallest absolute Gasteiger partial charge is 0.225 e. The first kappa shape index (κ1) is 18.2. The summed E-state index contributed by atoms with van der Waals surface area (Å²) in [6.07, 6.45) is 0.303. The molecule has 138 valence electrons. The Bertz CT molecular complexity index is 1120. The number of hydrogen-bond acceptors (Lipinski definition) is 4. The molecule has 3 aromatic rings. The molecule has 27 heavy (non-hydrogen) atoms. The minimum Gasteiger partial charge on any atom is -0.324 e. The topological polar surface area (TPSA) is 63.2 Å². The third-order valence-corrected chi connectivity index (χ3v) is 7.94. The highest BCUT2D eigenvalue weighted by Crippen LogP contribution is 2.45. The van der Waals surface area contributed by atoms with Gasteiger partial charge in [-0.15, -0.1) is 11.3 Å². The number of nitrogens with one attached hydrogen (secondary N) is 1. The van der Waals surface area contributed by atoms with Gasteiger partial charge >= 0.3 is 0 Å². The first-order valence-corrected chi connectivity index (χ1v) is 11.1. The predicted molar refractivity (Wildman–Crippen MR) is 107 cm³/mol. The number of sulfone groups is 1. The van der Waals surface area contributed by atoms with Gasteiger partial charge in [-0.1, -0.05) is 41.4 Å². The highest BCUT2D eigenvalue weighted by atomic mass is 35.5. The summed E-state index contributed by atoms with van der Waals surface area (Å²) < 4.78 is 26.2. The van der Waals surface area contributed by atoms with Gasteiger partial charge < -0.3 is 5.32 Å². The van der Waals surface area contributed by atoms with E-state index >= 15 is 0 Å². The van der Waals surface area contributed by atoms with Gasteiger partial charge in [0.05, 0.1) is 10.6 Å². The highest BCUT2D eigenvalue weighted by Gasteiger charge is 2.34. The Balaban J connectivity index is 1.82. The maximum Gasteiger partial charge on any atom is 0.225 e. The summed E-state index contributed by atoms with van der Waals surface area (Å²) in [5.41, 5.74) is 2.54. The Hall–Kier alpha value is -2.15. The standard InChI is InChI=1S/C20H16ClNO3S2/c1-12-2-4-13(5-3-12)16-10-18(23)22-19-17(11-26-20(16)19)27(24,25)15-8-6-14(21)7-9-15/h2-9,11,16H,10H2,1H3,(H,22,23)/t16-/m0/s1. The van der Waals surface area contributed by atoms with Crippen molar-refractivity contribution in [1.29, 1.82) is 0 Å². The van der Waals surface area contributed by atoms with Gasteiger partial charge in [-0.05, 0) is 36.8 Å². The number of amides is 1. The molecule has 7 heteroatoms. The Morgan fingerprint density at radius 1 is 1.07 bits per heavy atom. The molecule has 0 saturated carbocycles. The second-order valence-electron chi connectivity index (χ2n) is 6.51. The van der Waals surface area contributed by atoms with Crippen LogP contribution in [0, 0.1) is 6.92 Å². The summed E-state index contributed by atoms with van der Waals surface area (Å²) in [7, 11) is -3.75. The molecule has 2 heterocycles. The van der Waals surface area contributed by atoms with E-state index in [-0.39, 0.29) is 21.6 Å². The van der Waals surface area contributed by atoms with E-state index in [1.165, 1.54) is 23.5 Å². The molecule has 1 aliphatic rings. The average molecular weight is 418 g/mol. The maximum absolute atomic E-state index is 13.1. The zero-order chi connectivity index (χ0) is 19.2. The van der Waals surface area contributed by atoms with Crippen LogP contribution in [0.4, 0.5) is 5.69 Å². The van der Waals surface area contributed by atoms with Gasteiger partial charge in [0, 0.05) is 27.6 Å². The second kappa shape index (κ2) is 6.78. The number of anilines is 1. The van der Waals surface area contributed by atoms with Gasteiger partial charge in [0.2, 0.25) is 15.7 Å². The lowest BCUT2D eigenvalue weighted by atomic mass is 9.90. The Morgan fingerprint density at radius 3 is 2.41 bits per heavy atom. The Morgan fingerprint density at radius 2 is 1.74 bits per heavy atom. The van der Waals surface area contributed by atoms with Crippen molar-refractivity contribution < 1.29 is 13.2 Å². The van der Waals surface area contributed by atoms with Gasteiger partial charge in [-0.2, -0.15) is 0 Å². The molecule has 0 bridgehead atoms. The van der Waals surface area contributed by atoms with Crippen molar-refractivity contribution in [2.75, 3.05) is 5.32 Å². The largest absolute Gasteiger partial charge is 0.324 e. The van der Waals surface area contributed by atoms with Crippen molar-refractivity contribution >= 4 is 44.4 Å². The molecule has 0 radical (unpaired) electrons. The molecule has 0 aliphatic carbocycles. The van der Waals surface area contributed by atoms with Gasteiger partial charge in [-0.25, -0.2) is 8.42 Å². The van der Waals surface area contributed by atoms with E-state index in [1.54, 1.807) is 17.5 Å². The number of thiophene rings is 1. The normalized spacial score (nSPS) is 16.7. The summed E-state index contributed by atoms with van der Waals surface area (Å²) in [6, 6.07) is 14.0. The molecule has 0 spiro atoms. The Labute approximate surface area is 166 Å². The van der Waals surface area contributed by atoms with Crippen LogP contribution in [0.25, 0.3) is 0 Å². The number of hydrogen-bond donors (Lipinski definition) is 1. The van der Waals surface area contributed by atoms with Crippen molar-refractivity contribution in [3.63, 3.8) is 0 Å². The molecule has 0 fully saturated rings. The molecule has 0 saturated heterocycles. The lowest BCUT2D eigenvalue weighted by Crippen LogP contribution is -2.23. The van der Waals surface area contributed by atoms with Crippen LogP contribution < -0.4 is 5.32 Å². The van der Waals surface area contributed by atoms with E-state index in [0.29, 0.717) is 17.1 Å². The molecule has 1 aromatic heterocycles. The molecule has 2 aromatic carbocycles. The number of carbonyl (C=O) groups is 1. The molecule has 0 unspecified atom stereocenters. The van der Waals surface area contributed by atoms with Crippen LogP contribution >= 0.6 is 22.9 Å². The third kappa shape index (κ3) is 3.29. The lowest BCUT2D eigenvalue weighted by Gasteiger charge is -2.24. The zero-order valence-electron chi connectivity index (χ0n) is 14.4. The van der Waals surface area contributed by atoms with E-state index in [0.717, 1.165) is 16.0 Å². The summed E-state index contributed by atoms with van der Waals surface area (Å²) in [4.78, 5) is 13.5. The van der Waals surface area contributed by atoms with Crippen LogP contribution in [0.1, 0.15) is 28.3 Å². The summed E-state index contributed by atoms with van der Waals surface area (Å²) in [5.74, 6) is -0.326. The SMILES string of the molecule is Cc1ccc([C@@H]2CC(=O)Nc3c(S(=O)(=O)c4ccc(Cl)cc4)csc32)cc1. The average Bonchev–Trinajstić information content (AvgIpc) is 3.06. The molecular weight excluding hydrogens is 402 g/mol. The molecule has 1 atom stereocenters. The predicted octanol–water partition coefficient (Wildman–Crippen LogP) is 5.02. The van der Waals surface area contributed by atoms with Crippen molar-refractivity contribution in [1.82, 2.24) is 0 Å². The van der Waals surface area contributed by atoms with Gasteiger partial charge in [0.25, 0.3) is 0 Å². The molecule has 1 aliphatic heterocycles. The van der Waals surface area contributed by atoms with Crippen molar-refractivity contribution in [3.05, 3.63) is 74.9 Å². The van der Waals surface area contributed by atoms with E-state index in [1.807, 2.05) is 31.2 Å². The number of halogens is 1. The summed E-state index contributed by atoms with van der Waals surface area (Å²) in [6.45, 7) is 2.00. The van der Waals surface area contributed by atoms with Crippen molar-refractivity contribution in [2.45, 2.75) is 29.1 Å². The van der Waals surface area contributed by atoms with Crippen LogP contribution in [-0.2, 0) is 14.6 Å². The fraction of sp³-hybridized carbons (Fsp3) is 0.150. The lowest BCUT2D eigenvalue weighted by molar-refractivity contribution is -0.116. The van der Waals surface area contributed by atoms with Gasteiger partial charge in [0.15, 0.2) is 0 Å². The molecule has 4 nitrogen and oxygen atoms in total. The van der Waals surface area contributed by atoms with Crippen LogP contribution in [0.2, 0.25) is 5.02 Å². The fourth-order valence-electron chi connectivity index (χ4n) is 3.21. The van der Waals surface area contributed by atoms with Crippen LogP contribution in [0.3, 0.4) is 0 Å². The monoisotopic (exact) mass is 417 g/mol. The third-order valence-electron chi connectivity index (χ3n) is 4.65. The van der Waals surface area contributed by atoms with Crippen molar-refractivity contribution in [3.8, 4) is 0 Å². The number of rotatable bonds is 3. The number of aryl methyl sites for hydroxylation is 1.